The Morgan fingerprint density at radius 1 is 1.17 bits per heavy atom. The molecule has 0 spiro atoms. The van der Waals surface area contributed by atoms with Gasteiger partial charge in [-0.3, -0.25) is 15.5 Å². The van der Waals surface area contributed by atoms with Crippen LogP contribution >= 0.6 is 11.3 Å². The first-order valence-corrected chi connectivity index (χ1v) is 7.81. The van der Waals surface area contributed by atoms with Crippen LogP contribution in [0.3, 0.4) is 0 Å². The molecule has 23 heavy (non-hydrogen) atoms. The SMILES string of the molecule is N=c1oc2ccc3ccccc3c2cc1C(=O)Nc1nccs1. The van der Waals surface area contributed by atoms with Gasteiger partial charge in [-0.15, -0.1) is 11.3 Å². The topological polar surface area (TPSA) is 79.0 Å². The molecule has 6 heteroatoms. The first-order valence-electron chi connectivity index (χ1n) is 6.93. The Hall–Kier alpha value is -2.99. The van der Waals surface area contributed by atoms with Gasteiger partial charge in [0, 0.05) is 17.0 Å². The molecule has 2 aromatic heterocycles. The van der Waals surface area contributed by atoms with Crippen LogP contribution in [0.4, 0.5) is 5.13 Å². The number of rotatable bonds is 2. The molecule has 1 amide bonds. The first-order chi connectivity index (χ1) is 11.2. The van der Waals surface area contributed by atoms with E-state index >= 15 is 0 Å². The average molecular weight is 321 g/mol. The highest BCUT2D eigenvalue weighted by molar-refractivity contribution is 7.13. The molecule has 0 atom stereocenters. The first kappa shape index (κ1) is 13.7. The molecule has 0 aliphatic carbocycles. The lowest BCUT2D eigenvalue weighted by molar-refractivity contribution is 0.102. The summed E-state index contributed by atoms with van der Waals surface area (Å²) in [4.78, 5) is 16.4. The van der Waals surface area contributed by atoms with Crippen molar-refractivity contribution in [2.75, 3.05) is 5.32 Å². The van der Waals surface area contributed by atoms with E-state index in [4.69, 9.17) is 9.83 Å². The zero-order valence-electron chi connectivity index (χ0n) is 11.9. The van der Waals surface area contributed by atoms with Crippen LogP contribution in [-0.2, 0) is 0 Å². The van der Waals surface area contributed by atoms with Crippen molar-refractivity contribution < 1.29 is 9.21 Å². The second-order valence-corrected chi connectivity index (χ2v) is 5.87. The molecule has 0 bridgehead atoms. The largest absolute Gasteiger partial charge is 0.438 e. The average Bonchev–Trinajstić information content (AvgIpc) is 3.07. The molecule has 2 N–H and O–H groups in total. The van der Waals surface area contributed by atoms with E-state index < -0.39 is 5.91 Å². The van der Waals surface area contributed by atoms with Gasteiger partial charge in [-0.05, 0) is 22.9 Å². The van der Waals surface area contributed by atoms with Crippen molar-refractivity contribution in [3.8, 4) is 0 Å². The van der Waals surface area contributed by atoms with Gasteiger partial charge in [0.2, 0.25) is 5.55 Å². The number of benzene rings is 2. The van der Waals surface area contributed by atoms with Crippen molar-refractivity contribution in [1.29, 1.82) is 5.41 Å². The van der Waals surface area contributed by atoms with Gasteiger partial charge in [-0.25, -0.2) is 4.98 Å². The maximum absolute atomic E-state index is 12.4. The Balaban J connectivity index is 1.89. The van der Waals surface area contributed by atoms with Crippen molar-refractivity contribution >= 4 is 44.1 Å². The molecule has 5 nitrogen and oxygen atoms in total. The summed E-state index contributed by atoms with van der Waals surface area (Å²) in [5.41, 5.74) is 0.602. The van der Waals surface area contributed by atoms with Crippen LogP contribution in [0.25, 0.3) is 21.7 Å². The van der Waals surface area contributed by atoms with Gasteiger partial charge in [0.25, 0.3) is 5.91 Å². The summed E-state index contributed by atoms with van der Waals surface area (Å²) in [5.74, 6) is -0.400. The molecule has 112 valence electrons. The quantitative estimate of drug-likeness (QED) is 0.552. The molecule has 4 aromatic rings. The van der Waals surface area contributed by atoms with Gasteiger partial charge in [0.1, 0.15) is 11.1 Å². The third kappa shape index (κ3) is 2.39. The number of nitrogens with zero attached hydrogens (tertiary/aromatic N) is 1. The minimum atomic E-state index is -0.400. The lowest BCUT2D eigenvalue weighted by Crippen LogP contribution is -2.20. The molecule has 0 saturated carbocycles. The predicted octanol–water partition coefficient (Wildman–Crippen LogP) is 3.77. The van der Waals surface area contributed by atoms with Gasteiger partial charge in [0.15, 0.2) is 5.13 Å². The highest BCUT2D eigenvalue weighted by Crippen LogP contribution is 2.25. The molecule has 0 aliphatic rings. The van der Waals surface area contributed by atoms with Crippen LogP contribution in [0.15, 0.2) is 58.5 Å². The third-order valence-corrected chi connectivity index (χ3v) is 4.26. The smallest absolute Gasteiger partial charge is 0.262 e. The Morgan fingerprint density at radius 2 is 2.04 bits per heavy atom. The lowest BCUT2D eigenvalue weighted by atomic mass is 10.0. The summed E-state index contributed by atoms with van der Waals surface area (Å²) in [6.07, 6.45) is 1.61. The fourth-order valence-corrected chi connectivity index (χ4v) is 3.03. The number of carbonyl (C=O) groups excluding carboxylic acids is 1. The minimum absolute atomic E-state index is 0.165. The van der Waals surface area contributed by atoms with Gasteiger partial charge < -0.3 is 4.42 Å². The zero-order chi connectivity index (χ0) is 15.8. The lowest BCUT2D eigenvalue weighted by Gasteiger charge is -2.06. The third-order valence-electron chi connectivity index (χ3n) is 3.57. The maximum Gasteiger partial charge on any atom is 0.262 e. The van der Waals surface area contributed by atoms with Crippen LogP contribution in [0.2, 0.25) is 0 Å². The molecule has 0 unspecified atom stereocenters. The molecular weight excluding hydrogens is 310 g/mol. The van der Waals surface area contributed by atoms with E-state index in [9.17, 15) is 4.79 Å². The van der Waals surface area contributed by atoms with Crippen LogP contribution in [0, 0.1) is 5.41 Å². The molecule has 0 saturated heterocycles. The van der Waals surface area contributed by atoms with E-state index in [0.29, 0.717) is 10.7 Å². The Morgan fingerprint density at radius 3 is 2.87 bits per heavy atom. The second kappa shape index (κ2) is 5.33. The summed E-state index contributed by atoms with van der Waals surface area (Å²) in [6.45, 7) is 0. The second-order valence-electron chi connectivity index (χ2n) is 4.98. The number of fused-ring (bicyclic) bond motifs is 3. The van der Waals surface area contributed by atoms with Crippen LogP contribution in [-0.4, -0.2) is 10.9 Å². The maximum atomic E-state index is 12.4. The molecule has 2 heterocycles. The summed E-state index contributed by atoms with van der Waals surface area (Å²) in [7, 11) is 0. The standard InChI is InChI=1S/C17H11N3O2S/c18-15-13(16(21)20-17-19-7-8-23-17)9-12-11-4-2-1-3-10(11)5-6-14(12)22-15/h1-9,18H,(H,19,20,21). The molecule has 0 aliphatic heterocycles. The van der Waals surface area contributed by atoms with E-state index in [1.807, 2.05) is 36.4 Å². The van der Waals surface area contributed by atoms with Gasteiger partial charge in [-0.1, -0.05) is 30.3 Å². The minimum Gasteiger partial charge on any atom is -0.438 e. The number of hydrogen-bond donors (Lipinski definition) is 2. The fraction of sp³-hybridized carbons (Fsp3) is 0. The molecule has 2 aromatic carbocycles. The van der Waals surface area contributed by atoms with E-state index in [1.165, 1.54) is 11.3 Å². The number of hydrogen-bond acceptors (Lipinski definition) is 5. The van der Waals surface area contributed by atoms with Crippen LogP contribution in [0.1, 0.15) is 10.4 Å². The van der Waals surface area contributed by atoms with E-state index in [1.54, 1.807) is 17.6 Å². The molecular formula is C17H11N3O2S. The summed E-state index contributed by atoms with van der Waals surface area (Å²) in [5, 5.41) is 15.8. The highest BCUT2D eigenvalue weighted by Gasteiger charge is 2.14. The van der Waals surface area contributed by atoms with E-state index in [2.05, 4.69) is 10.3 Å². The summed E-state index contributed by atoms with van der Waals surface area (Å²) in [6, 6.07) is 13.3. The van der Waals surface area contributed by atoms with Gasteiger partial charge in [0.05, 0.1) is 0 Å². The fourth-order valence-electron chi connectivity index (χ4n) is 2.51. The van der Waals surface area contributed by atoms with Crippen molar-refractivity contribution in [3.63, 3.8) is 0 Å². The number of nitrogens with one attached hydrogen (secondary N) is 2. The van der Waals surface area contributed by atoms with Crippen molar-refractivity contribution in [2.24, 2.45) is 0 Å². The van der Waals surface area contributed by atoms with Crippen molar-refractivity contribution in [3.05, 3.63) is 65.2 Å². The molecule has 4 rings (SSSR count). The van der Waals surface area contributed by atoms with Crippen LogP contribution < -0.4 is 10.9 Å². The van der Waals surface area contributed by atoms with Gasteiger partial charge >= 0.3 is 0 Å². The summed E-state index contributed by atoms with van der Waals surface area (Å²) >= 11 is 1.32. The van der Waals surface area contributed by atoms with Crippen LogP contribution in [0.5, 0.6) is 0 Å². The zero-order valence-corrected chi connectivity index (χ0v) is 12.7. The Kier molecular flexibility index (Phi) is 3.17. The van der Waals surface area contributed by atoms with E-state index in [0.717, 1.165) is 16.2 Å². The normalized spacial score (nSPS) is 11.0. The number of carbonyl (C=O) groups is 1. The number of anilines is 1. The monoisotopic (exact) mass is 321 g/mol. The number of thiazole rings is 1. The number of aromatic nitrogens is 1. The Labute approximate surface area is 134 Å². The van der Waals surface area contributed by atoms with Gasteiger partial charge in [-0.2, -0.15) is 0 Å². The Bertz CT molecular complexity index is 1080. The highest BCUT2D eigenvalue weighted by atomic mass is 32.1. The summed E-state index contributed by atoms with van der Waals surface area (Å²) < 4.78 is 5.53. The molecule has 0 fully saturated rings. The van der Waals surface area contributed by atoms with E-state index in [-0.39, 0.29) is 11.1 Å². The predicted molar refractivity (Wildman–Crippen MR) is 89.6 cm³/mol. The van der Waals surface area contributed by atoms with Crippen molar-refractivity contribution in [1.82, 2.24) is 4.98 Å². The van der Waals surface area contributed by atoms with Crippen molar-refractivity contribution in [2.45, 2.75) is 0 Å². The number of amides is 1. The molecule has 0 radical (unpaired) electrons.